The number of nitrogens with zero attached hydrogens (tertiary/aromatic N) is 1. The van der Waals surface area contributed by atoms with Gasteiger partial charge in [0.15, 0.2) is 5.11 Å². The summed E-state index contributed by atoms with van der Waals surface area (Å²) >= 11 is 17.5. The van der Waals surface area contributed by atoms with E-state index >= 15 is 0 Å². The number of thiocarbonyl (C=S) groups is 1. The van der Waals surface area contributed by atoms with Crippen molar-refractivity contribution >= 4 is 63.9 Å². The maximum Gasteiger partial charge on any atom is 0.250 e. The lowest BCUT2D eigenvalue weighted by atomic mass is 10.2. The van der Waals surface area contributed by atoms with E-state index in [0.717, 1.165) is 42.9 Å². The van der Waals surface area contributed by atoms with Gasteiger partial charge in [0.2, 0.25) is 5.91 Å². The fourth-order valence-electron chi connectivity index (χ4n) is 2.93. The van der Waals surface area contributed by atoms with E-state index in [0.29, 0.717) is 10.0 Å². The quantitative estimate of drug-likeness (QED) is 0.532. The van der Waals surface area contributed by atoms with Gasteiger partial charge in [-0.2, -0.15) is 0 Å². The molecule has 7 heteroatoms. The molecular weight excluding hydrogens is 401 g/mol. The van der Waals surface area contributed by atoms with Gasteiger partial charge in [0.05, 0.1) is 16.4 Å². The van der Waals surface area contributed by atoms with Gasteiger partial charge in [-0.25, -0.2) is 0 Å². The molecule has 0 aromatic heterocycles. The highest BCUT2D eigenvalue weighted by atomic mass is 35.5. The Balaban J connectivity index is 1.63. The Morgan fingerprint density at radius 1 is 1.07 bits per heavy atom. The highest BCUT2D eigenvalue weighted by Crippen LogP contribution is 2.35. The Labute approximate surface area is 174 Å². The van der Waals surface area contributed by atoms with E-state index < -0.39 is 0 Å². The lowest BCUT2D eigenvalue weighted by molar-refractivity contribution is -0.115. The van der Waals surface area contributed by atoms with Crippen LogP contribution < -0.4 is 15.5 Å². The highest BCUT2D eigenvalue weighted by Gasteiger charge is 2.19. The van der Waals surface area contributed by atoms with Crippen LogP contribution in [0.25, 0.3) is 6.08 Å². The predicted octanol–water partition coefficient (Wildman–Crippen LogP) is 5.12. The zero-order chi connectivity index (χ0) is 19.2. The third kappa shape index (κ3) is 5.45. The molecule has 0 unspecified atom stereocenters. The monoisotopic (exact) mass is 419 g/mol. The van der Waals surface area contributed by atoms with Gasteiger partial charge in [-0.1, -0.05) is 41.4 Å². The second kappa shape index (κ2) is 9.22. The number of hydrogen-bond acceptors (Lipinski definition) is 3. The molecule has 3 rings (SSSR count). The van der Waals surface area contributed by atoms with Gasteiger partial charge in [-0.15, -0.1) is 0 Å². The summed E-state index contributed by atoms with van der Waals surface area (Å²) in [4.78, 5) is 14.3. The Hall–Kier alpha value is -2.08. The molecular formula is C20H19Cl2N3OS. The van der Waals surface area contributed by atoms with Crippen LogP contribution in [0.15, 0.2) is 48.5 Å². The molecule has 0 radical (unpaired) electrons. The molecule has 2 aromatic rings. The second-order valence-corrected chi connectivity index (χ2v) is 7.41. The SMILES string of the molecule is O=C(C=Cc1ccc(Cl)cc1)NC(=S)Nc1cccc(Cl)c1N1CCCC1. The fraction of sp³-hybridized carbons (Fsp3) is 0.200. The van der Waals surface area contributed by atoms with Crippen LogP contribution in [0, 0.1) is 0 Å². The van der Waals surface area contributed by atoms with Gasteiger partial charge in [0, 0.05) is 24.2 Å². The summed E-state index contributed by atoms with van der Waals surface area (Å²) in [5, 5.41) is 7.28. The molecule has 1 heterocycles. The molecule has 1 saturated heterocycles. The first-order valence-corrected chi connectivity index (χ1v) is 9.78. The van der Waals surface area contributed by atoms with Gasteiger partial charge < -0.3 is 10.2 Å². The van der Waals surface area contributed by atoms with E-state index in [1.807, 2.05) is 30.3 Å². The zero-order valence-electron chi connectivity index (χ0n) is 14.5. The van der Waals surface area contributed by atoms with Crippen molar-refractivity contribution in [2.45, 2.75) is 12.8 Å². The van der Waals surface area contributed by atoms with Crippen molar-refractivity contribution in [1.29, 1.82) is 0 Å². The van der Waals surface area contributed by atoms with E-state index in [-0.39, 0.29) is 11.0 Å². The lowest BCUT2D eigenvalue weighted by Gasteiger charge is -2.23. The smallest absolute Gasteiger partial charge is 0.250 e. The first-order chi connectivity index (χ1) is 13.0. The third-order valence-electron chi connectivity index (χ3n) is 4.19. The predicted molar refractivity (Wildman–Crippen MR) is 118 cm³/mol. The van der Waals surface area contributed by atoms with E-state index in [2.05, 4.69) is 15.5 Å². The van der Waals surface area contributed by atoms with Gasteiger partial charge in [0.1, 0.15) is 0 Å². The zero-order valence-corrected chi connectivity index (χ0v) is 16.9. The summed E-state index contributed by atoms with van der Waals surface area (Å²) in [6, 6.07) is 12.8. The van der Waals surface area contributed by atoms with Crippen molar-refractivity contribution in [3.05, 3.63) is 64.1 Å². The van der Waals surface area contributed by atoms with Crippen LogP contribution >= 0.6 is 35.4 Å². The van der Waals surface area contributed by atoms with Crippen molar-refractivity contribution < 1.29 is 4.79 Å². The molecule has 2 aromatic carbocycles. The van der Waals surface area contributed by atoms with E-state index in [1.54, 1.807) is 18.2 Å². The summed E-state index contributed by atoms with van der Waals surface area (Å²) < 4.78 is 0. The molecule has 4 nitrogen and oxygen atoms in total. The number of hydrogen-bond donors (Lipinski definition) is 2. The number of anilines is 2. The molecule has 0 aliphatic carbocycles. The Morgan fingerprint density at radius 3 is 2.48 bits per heavy atom. The number of nitrogens with one attached hydrogen (secondary N) is 2. The Morgan fingerprint density at radius 2 is 1.78 bits per heavy atom. The van der Waals surface area contributed by atoms with Crippen LogP contribution in [0.5, 0.6) is 0 Å². The minimum absolute atomic E-state index is 0.225. The lowest BCUT2D eigenvalue weighted by Crippen LogP contribution is -2.33. The third-order valence-corrected chi connectivity index (χ3v) is 4.95. The minimum atomic E-state index is -0.313. The molecule has 2 N–H and O–H groups in total. The van der Waals surface area contributed by atoms with Crippen molar-refractivity contribution in [2.24, 2.45) is 0 Å². The van der Waals surface area contributed by atoms with E-state index in [1.165, 1.54) is 6.08 Å². The molecule has 1 aliphatic heterocycles. The molecule has 1 fully saturated rings. The average molecular weight is 420 g/mol. The standard InChI is InChI=1S/C20H19Cl2N3OS/c21-15-9-6-14(7-10-15)8-11-18(26)24-20(27)23-17-5-3-4-16(22)19(17)25-12-1-2-13-25/h3-11H,1-2,12-13H2,(H2,23,24,26,27). The molecule has 27 heavy (non-hydrogen) atoms. The number of para-hydroxylation sites is 1. The summed E-state index contributed by atoms with van der Waals surface area (Å²) in [5.74, 6) is -0.313. The van der Waals surface area contributed by atoms with Crippen LogP contribution in [-0.2, 0) is 4.79 Å². The molecule has 0 atom stereocenters. The maximum absolute atomic E-state index is 12.1. The number of carbonyl (C=O) groups is 1. The first-order valence-electron chi connectivity index (χ1n) is 8.62. The Bertz CT molecular complexity index is 862. The van der Waals surface area contributed by atoms with Crippen molar-refractivity contribution in [3.8, 4) is 0 Å². The average Bonchev–Trinajstić information content (AvgIpc) is 3.15. The fourth-order valence-corrected chi connectivity index (χ4v) is 3.56. The molecule has 0 saturated carbocycles. The molecule has 1 amide bonds. The van der Waals surface area contributed by atoms with Crippen LogP contribution in [0.4, 0.5) is 11.4 Å². The summed E-state index contributed by atoms with van der Waals surface area (Å²) in [7, 11) is 0. The largest absolute Gasteiger partial charge is 0.369 e. The number of rotatable bonds is 4. The summed E-state index contributed by atoms with van der Waals surface area (Å²) in [6.45, 7) is 1.92. The van der Waals surface area contributed by atoms with E-state index in [4.69, 9.17) is 35.4 Å². The molecule has 0 bridgehead atoms. The topological polar surface area (TPSA) is 44.4 Å². The normalized spacial score (nSPS) is 13.8. The van der Waals surface area contributed by atoms with Gasteiger partial charge >= 0.3 is 0 Å². The molecule has 0 spiro atoms. The van der Waals surface area contributed by atoms with Gasteiger partial charge in [-0.3, -0.25) is 10.1 Å². The highest BCUT2D eigenvalue weighted by molar-refractivity contribution is 7.80. The number of halogens is 2. The van der Waals surface area contributed by atoms with Crippen LogP contribution in [-0.4, -0.2) is 24.1 Å². The molecule has 1 aliphatic rings. The second-order valence-electron chi connectivity index (χ2n) is 6.16. The van der Waals surface area contributed by atoms with Crippen LogP contribution in [0.1, 0.15) is 18.4 Å². The van der Waals surface area contributed by atoms with Gasteiger partial charge in [0.25, 0.3) is 0 Å². The summed E-state index contributed by atoms with van der Waals surface area (Å²) in [5.41, 5.74) is 2.58. The number of benzene rings is 2. The van der Waals surface area contributed by atoms with Crippen LogP contribution in [0.2, 0.25) is 10.0 Å². The van der Waals surface area contributed by atoms with Crippen molar-refractivity contribution in [1.82, 2.24) is 5.32 Å². The van der Waals surface area contributed by atoms with Crippen molar-refractivity contribution in [2.75, 3.05) is 23.3 Å². The van der Waals surface area contributed by atoms with Crippen molar-refractivity contribution in [3.63, 3.8) is 0 Å². The number of carbonyl (C=O) groups excluding carboxylic acids is 1. The van der Waals surface area contributed by atoms with Gasteiger partial charge in [-0.05, 0) is 61.0 Å². The Kier molecular flexibility index (Phi) is 6.72. The molecule has 140 valence electrons. The van der Waals surface area contributed by atoms with Crippen LogP contribution in [0.3, 0.4) is 0 Å². The number of amides is 1. The first kappa shape index (κ1) is 19.7. The minimum Gasteiger partial charge on any atom is -0.369 e. The maximum atomic E-state index is 12.1. The van der Waals surface area contributed by atoms with E-state index in [9.17, 15) is 4.79 Å². The summed E-state index contributed by atoms with van der Waals surface area (Å²) in [6.07, 6.45) is 5.41.